The lowest BCUT2D eigenvalue weighted by atomic mass is 9.83. The van der Waals surface area contributed by atoms with Crippen molar-refractivity contribution in [3.8, 4) is 0 Å². The van der Waals surface area contributed by atoms with Crippen molar-refractivity contribution in [1.82, 2.24) is 16.0 Å². The molecule has 0 saturated heterocycles. The molecule has 0 radical (unpaired) electrons. The van der Waals surface area contributed by atoms with Crippen molar-refractivity contribution in [2.45, 2.75) is 52.4 Å². The number of amides is 1. The van der Waals surface area contributed by atoms with Gasteiger partial charge in [-0.25, -0.2) is 4.99 Å². The molecule has 0 aromatic heterocycles. The maximum Gasteiger partial charge on any atom is 0.241 e. The van der Waals surface area contributed by atoms with Gasteiger partial charge >= 0.3 is 0 Å². The Bertz CT molecular complexity index is 619. The maximum atomic E-state index is 12.1. The van der Waals surface area contributed by atoms with E-state index < -0.39 is 0 Å². The lowest BCUT2D eigenvalue weighted by Crippen LogP contribution is -2.44. The van der Waals surface area contributed by atoms with Crippen molar-refractivity contribution in [3.63, 3.8) is 0 Å². The van der Waals surface area contributed by atoms with Crippen molar-refractivity contribution in [1.29, 1.82) is 0 Å². The Morgan fingerprint density at radius 2 is 1.83 bits per heavy atom. The molecule has 6 nitrogen and oxygen atoms in total. The van der Waals surface area contributed by atoms with Crippen LogP contribution in [0.15, 0.2) is 35.3 Å². The summed E-state index contributed by atoms with van der Waals surface area (Å²) in [6, 6.07) is 10.2. The first-order valence-corrected chi connectivity index (χ1v) is 11.1. The minimum atomic E-state index is -0.0509. The monoisotopic (exact) mass is 530 g/mol. The number of carbonyl (C=O) groups is 1. The van der Waals surface area contributed by atoms with Gasteiger partial charge in [-0.1, -0.05) is 43.2 Å². The molecule has 0 unspecified atom stereocenters. The third kappa shape index (κ3) is 10.1. The van der Waals surface area contributed by atoms with Gasteiger partial charge in [0, 0.05) is 32.8 Å². The molecule has 1 aliphatic rings. The largest absolute Gasteiger partial charge is 0.382 e. The second-order valence-electron chi connectivity index (χ2n) is 7.79. The van der Waals surface area contributed by atoms with Gasteiger partial charge in [0.05, 0.1) is 0 Å². The van der Waals surface area contributed by atoms with Crippen LogP contribution >= 0.6 is 24.0 Å². The summed E-state index contributed by atoms with van der Waals surface area (Å²) in [4.78, 5) is 16.6. The number of rotatable bonds is 12. The molecule has 0 atom stereocenters. The fourth-order valence-electron chi connectivity index (χ4n) is 3.88. The summed E-state index contributed by atoms with van der Waals surface area (Å²) < 4.78 is 5.60. The van der Waals surface area contributed by atoms with Gasteiger partial charge in [-0.05, 0) is 50.5 Å². The smallest absolute Gasteiger partial charge is 0.241 e. The van der Waals surface area contributed by atoms with E-state index in [0.29, 0.717) is 12.5 Å². The molecule has 1 fully saturated rings. The van der Waals surface area contributed by atoms with Crippen LogP contribution in [0.25, 0.3) is 0 Å². The van der Waals surface area contributed by atoms with Gasteiger partial charge in [0.15, 0.2) is 5.96 Å². The fraction of sp³-hybridized carbons (Fsp3) is 0.652. The molecule has 0 spiro atoms. The first-order valence-electron chi connectivity index (χ1n) is 11.1. The number of halogens is 1. The average Bonchev–Trinajstić information content (AvgIpc) is 3.20. The standard InChI is InChI=1S/C23H38N4O2.HI/c1-3-24-22(27-19-23(13-8-9-14-23)15-17-29-4-2)26-18-21(28)25-16-12-20-10-6-5-7-11-20;/h5-7,10-11H,3-4,8-9,12-19H2,1-2H3,(H,25,28)(H2,24,26,27);1H. The highest BCUT2D eigenvalue weighted by atomic mass is 127. The molecule has 170 valence electrons. The second kappa shape index (κ2) is 15.5. The quantitative estimate of drug-likeness (QED) is 0.167. The van der Waals surface area contributed by atoms with E-state index in [-0.39, 0.29) is 41.8 Å². The van der Waals surface area contributed by atoms with Gasteiger partial charge in [-0.2, -0.15) is 0 Å². The lowest BCUT2D eigenvalue weighted by molar-refractivity contribution is -0.119. The van der Waals surface area contributed by atoms with Crippen molar-refractivity contribution < 1.29 is 9.53 Å². The van der Waals surface area contributed by atoms with Crippen LogP contribution in [-0.2, 0) is 16.0 Å². The minimum Gasteiger partial charge on any atom is -0.382 e. The first kappa shape index (κ1) is 26.7. The normalized spacial score (nSPS) is 15.3. The third-order valence-corrected chi connectivity index (χ3v) is 5.58. The Hall–Kier alpha value is -1.35. The maximum absolute atomic E-state index is 12.1. The molecule has 30 heavy (non-hydrogen) atoms. The van der Waals surface area contributed by atoms with E-state index in [9.17, 15) is 4.79 Å². The van der Waals surface area contributed by atoms with Crippen molar-refractivity contribution in [2.75, 3.05) is 39.4 Å². The SMILES string of the molecule is CCNC(=NCC(=O)NCCc1ccccc1)NCC1(CCOCC)CCCC1.I. The zero-order chi connectivity index (χ0) is 20.8. The number of nitrogens with zero attached hydrogens (tertiary/aromatic N) is 1. The van der Waals surface area contributed by atoms with E-state index in [0.717, 1.165) is 39.1 Å². The van der Waals surface area contributed by atoms with Crippen LogP contribution < -0.4 is 16.0 Å². The van der Waals surface area contributed by atoms with E-state index in [1.165, 1.54) is 31.2 Å². The predicted molar refractivity (Wildman–Crippen MR) is 135 cm³/mol. The van der Waals surface area contributed by atoms with E-state index in [1.807, 2.05) is 32.0 Å². The zero-order valence-corrected chi connectivity index (χ0v) is 20.9. The van der Waals surface area contributed by atoms with Crippen LogP contribution in [-0.4, -0.2) is 51.3 Å². The van der Waals surface area contributed by atoms with Gasteiger partial charge in [-0.15, -0.1) is 24.0 Å². The summed E-state index contributed by atoms with van der Waals surface area (Å²) >= 11 is 0. The topological polar surface area (TPSA) is 74.8 Å². The number of hydrogen-bond donors (Lipinski definition) is 3. The summed E-state index contributed by atoms with van der Waals surface area (Å²) in [5.41, 5.74) is 1.50. The number of nitrogens with one attached hydrogen (secondary N) is 3. The Kier molecular flexibility index (Phi) is 13.7. The molecule has 1 aromatic rings. The molecule has 7 heteroatoms. The summed E-state index contributed by atoms with van der Waals surface area (Å²) in [6.45, 7) is 8.08. The molecule has 1 aromatic carbocycles. The third-order valence-electron chi connectivity index (χ3n) is 5.58. The molecular formula is C23H39IN4O2. The Morgan fingerprint density at radius 3 is 2.50 bits per heavy atom. The van der Waals surface area contributed by atoms with Gasteiger partial charge in [-0.3, -0.25) is 4.79 Å². The minimum absolute atomic E-state index is 0. The van der Waals surface area contributed by atoms with Gasteiger partial charge < -0.3 is 20.7 Å². The molecule has 0 aliphatic heterocycles. The van der Waals surface area contributed by atoms with E-state index >= 15 is 0 Å². The van der Waals surface area contributed by atoms with E-state index in [2.05, 4.69) is 33.1 Å². The molecular weight excluding hydrogens is 491 g/mol. The Labute approximate surface area is 199 Å². The zero-order valence-electron chi connectivity index (χ0n) is 18.5. The van der Waals surface area contributed by atoms with Crippen LogP contribution in [0, 0.1) is 5.41 Å². The van der Waals surface area contributed by atoms with Crippen LogP contribution in [0.1, 0.15) is 51.5 Å². The van der Waals surface area contributed by atoms with Gasteiger partial charge in [0.1, 0.15) is 6.54 Å². The number of benzene rings is 1. The molecule has 3 N–H and O–H groups in total. The highest BCUT2D eigenvalue weighted by Gasteiger charge is 2.33. The first-order chi connectivity index (χ1) is 14.2. The number of ether oxygens (including phenoxy) is 1. The molecule has 0 bridgehead atoms. The lowest BCUT2D eigenvalue weighted by Gasteiger charge is -2.30. The Morgan fingerprint density at radius 1 is 1.10 bits per heavy atom. The Balaban J connectivity index is 0.00000450. The molecule has 2 rings (SSSR count). The summed E-state index contributed by atoms with van der Waals surface area (Å²) in [7, 11) is 0. The van der Waals surface area contributed by atoms with Crippen LogP contribution in [0.3, 0.4) is 0 Å². The second-order valence-corrected chi connectivity index (χ2v) is 7.79. The number of aliphatic imine (C=N–C) groups is 1. The van der Waals surface area contributed by atoms with E-state index in [4.69, 9.17) is 4.74 Å². The van der Waals surface area contributed by atoms with Gasteiger partial charge in [0.2, 0.25) is 5.91 Å². The predicted octanol–water partition coefficient (Wildman–Crippen LogP) is 3.51. The van der Waals surface area contributed by atoms with Crippen molar-refractivity contribution >= 4 is 35.8 Å². The summed E-state index contributed by atoms with van der Waals surface area (Å²) in [5.74, 6) is 0.665. The molecule has 1 saturated carbocycles. The van der Waals surface area contributed by atoms with Crippen LogP contribution in [0.4, 0.5) is 0 Å². The fourth-order valence-corrected chi connectivity index (χ4v) is 3.88. The van der Waals surface area contributed by atoms with Crippen molar-refractivity contribution in [3.05, 3.63) is 35.9 Å². The molecule has 0 heterocycles. The molecule has 1 amide bonds. The van der Waals surface area contributed by atoms with E-state index in [1.54, 1.807) is 0 Å². The van der Waals surface area contributed by atoms with Crippen molar-refractivity contribution in [2.24, 2.45) is 10.4 Å². The summed E-state index contributed by atoms with van der Waals surface area (Å²) in [6.07, 6.45) is 6.93. The average molecular weight is 530 g/mol. The number of carbonyl (C=O) groups excluding carboxylic acids is 1. The molecule has 1 aliphatic carbocycles. The highest BCUT2D eigenvalue weighted by molar-refractivity contribution is 14.0. The van der Waals surface area contributed by atoms with Crippen LogP contribution in [0.2, 0.25) is 0 Å². The number of hydrogen-bond acceptors (Lipinski definition) is 3. The van der Waals surface area contributed by atoms with Crippen LogP contribution in [0.5, 0.6) is 0 Å². The summed E-state index contributed by atoms with van der Waals surface area (Å²) in [5, 5.41) is 9.68. The van der Waals surface area contributed by atoms with Gasteiger partial charge in [0.25, 0.3) is 0 Å². The number of guanidine groups is 1. The highest BCUT2D eigenvalue weighted by Crippen LogP contribution is 2.40.